The number of hydrogen-bond donors (Lipinski definition) is 1. The Morgan fingerprint density at radius 2 is 2.05 bits per heavy atom. The predicted octanol–water partition coefficient (Wildman–Crippen LogP) is 3.58. The second kappa shape index (κ2) is 6.44. The van der Waals surface area contributed by atoms with Gasteiger partial charge in [0, 0.05) is 24.0 Å². The molecule has 3 rings (SSSR count). The summed E-state index contributed by atoms with van der Waals surface area (Å²) in [6, 6.07) is 0.795. The van der Waals surface area contributed by atoms with E-state index in [0.29, 0.717) is 0 Å². The van der Waals surface area contributed by atoms with E-state index in [9.17, 15) is 0 Å². The molecule has 0 amide bonds. The summed E-state index contributed by atoms with van der Waals surface area (Å²) in [7, 11) is 0. The first-order chi connectivity index (χ1) is 9.81. The summed E-state index contributed by atoms with van der Waals surface area (Å²) in [5, 5.41) is 4.77. The molecule has 2 fully saturated rings. The van der Waals surface area contributed by atoms with Crippen molar-refractivity contribution >= 4 is 16.5 Å². The highest BCUT2D eigenvalue weighted by Gasteiger charge is 2.35. The standard InChI is InChI=1S/C16H27N3S/c1-3-5-14-15(10-17-4-2)20-16(18-14)19(13-8-9-13)11-12-6-7-12/h12-13,17H,3-11H2,1-2H3. The van der Waals surface area contributed by atoms with Crippen molar-refractivity contribution in [3.8, 4) is 0 Å². The third-order valence-electron chi connectivity index (χ3n) is 4.17. The van der Waals surface area contributed by atoms with Crippen LogP contribution >= 0.6 is 11.3 Å². The first-order valence-electron chi connectivity index (χ1n) is 8.27. The molecule has 0 saturated heterocycles. The molecule has 1 N–H and O–H groups in total. The van der Waals surface area contributed by atoms with Crippen LogP contribution < -0.4 is 10.2 Å². The van der Waals surface area contributed by atoms with E-state index in [-0.39, 0.29) is 0 Å². The van der Waals surface area contributed by atoms with Gasteiger partial charge in [0.1, 0.15) is 0 Å². The Bertz CT molecular complexity index is 435. The van der Waals surface area contributed by atoms with Gasteiger partial charge in [-0.3, -0.25) is 0 Å². The summed E-state index contributed by atoms with van der Waals surface area (Å²) in [6.07, 6.45) is 7.92. The summed E-state index contributed by atoms with van der Waals surface area (Å²) in [4.78, 5) is 9.08. The Hall–Kier alpha value is -0.610. The van der Waals surface area contributed by atoms with Gasteiger partial charge in [-0.25, -0.2) is 4.98 Å². The van der Waals surface area contributed by atoms with Crippen molar-refractivity contribution in [2.45, 2.75) is 65.0 Å². The summed E-state index contributed by atoms with van der Waals surface area (Å²) in [5.74, 6) is 0.950. The molecule has 1 aromatic rings. The molecule has 3 nitrogen and oxygen atoms in total. The Labute approximate surface area is 126 Å². The molecule has 20 heavy (non-hydrogen) atoms. The van der Waals surface area contributed by atoms with Gasteiger partial charge in [-0.2, -0.15) is 0 Å². The molecule has 0 radical (unpaired) electrons. The van der Waals surface area contributed by atoms with Crippen LogP contribution in [0, 0.1) is 5.92 Å². The van der Waals surface area contributed by atoms with Crippen molar-refractivity contribution in [2.24, 2.45) is 5.92 Å². The van der Waals surface area contributed by atoms with E-state index < -0.39 is 0 Å². The van der Waals surface area contributed by atoms with E-state index in [1.165, 1.54) is 54.4 Å². The smallest absolute Gasteiger partial charge is 0.186 e. The second-order valence-corrected chi connectivity index (χ2v) is 7.29. The third kappa shape index (κ3) is 3.53. The molecule has 0 bridgehead atoms. The minimum atomic E-state index is 0.795. The van der Waals surface area contributed by atoms with Crippen molar-refractivity contribution in [2.75, 3.05) is 18.0 Å². The molecule has 4 heteroatoms. The van der Waals surface area contributed by atoms with Gasteiger partial charge in [-0.05, 0) is 44.6 Å². The molecule has 112 valence electrons. The highest BCUT2D eigenvalue weighted by atomic mass is 32.1. The lowest BCUT2D eigenvalue weighted by Gasteiger charge is -2.21. The molecule has 0 atom stereocenters. The van der Waals surface area contributed by atoms with Crippen LogP contribution in [-0.2, 0) is 13.0 Å². The van der Waals surface area contributed by atoms with Crippen LogP contribution in [0.15, 0.2) is 0 Å². The zero-order valence-corrected chi connectivity index (χ0v) is 13.6. The normalized spacial score (nSPS) is 18.5. The van der Waals surface area contributed by atoms with Crippen LogP contribution in [-0.4, -0.2) is 24.1 Å². The lowest BCUT2D eigenvalue weighted by atomic mass is 10.2. The lowest BCUT2D eigenvalue weighted by Crippen LogP contribution is -2.27. The maximum absolute atomic E-state index is 5.00. The van der Waals surface area contributed by atoms with Crippen LogP contribution in [0.3, 0.4) is 0 Å². The van der Waals surface area contributed by atoms with Crippen LogP contribution in [0.25, 0.3) is 0 Å². The zero-order chi connectivity index (χ0) is 13.9. The average Bonchev–Trinajstić information content (AvgIpc) is 3.33. The molecule has 2 aliphatic carbocycles. The van der Waals surface area contributed by atoms with Crippen LogP contribution in [0.4, 0.5) is 5.13 Å². The minimum absolute atomic E-state index is 0.795. The van der Waals surface area contributed by atoms with Crippen molar-refractivity contribution in [1.29, 1.82) is 0 Å². The number of aromatic nitrogens is 1. The van der Waals surface area contributed by atoms with E-state index in [1.54, 1.807) is 0 Å². The van der Waals surface area contributed by atoms with Gasteiger partial charge in [0.05, 0.1) is 5.69 Å². The monoisotopic (exact) mass is 293 g/mol. The predicted molar refractivity (Wildman–Crippen MR) is 86.6 cm³/mol. The largest absolute Gasteiger partial charge is 0.345 e. The number of aryl methyl sites for hydroxylation is 1. The fraction of sp³-hybridized carbons (Fsp3) is 0.812. The van der Waals surface area contributed by atoms with E-state index in [0.717, 1.165) is 31.5 Å². The van der Waals surface area contributed by atoms with E-state index >= 15 is 0 Å². The average molecular weight is 293 g/mol. The summed E-state index contributed by atoms with van der Waals surface area (Å²) in [5.41, 5.74) is 1.34. The zero-order valence-electron chi connectivity index (χ0n) is 12.8. The molecule has 1 heterocycles. The van der Waals surface area contributed by atoms with Gasteiger partial charge in [0.2, 0.25) is 0 Å². The van der Waals surface area contributed by atoms with E-state index in [4.69, 9.17) is 4.98 Å². The number of nitrogens with one attached hydrogen (secondary N) is 1. The number of nitrogens with zero attached hydrogens (tertiary/aromatic N) is 2. The van der Waals surface area contributed by atoms with Crippen LogP contribution in [0.2, 0.25) is 0 Å². The van der Waals surface area contributed by atoms with Crippen molar-refractivity contribution in [3.63, 3.8) is 0 Å². The summed E-state index contributed by atoms with van der Waals surface area (Å²) < 4.78 is 0. The van der Waals surface area contributed by atoms with E-state index in [2.05, 4.69) is 24.1 Å². The molecule has 0 unspecified atom stereocenters. The van der Waals surface area contributed by atoms with E-state index in [1.807, 2.05) is 11.3 Å². The topological polar surface area (TPSA) is 28.2 Å². The van der Waals surface area contributed by atoms with Gasteiger partial charge in [0.25, 0.3) is 0 Å². The Morgan fingerprint density at radius 3 is 2.65 bits per heavy atom. The molecular formula is C16H27N3S. The fourth-order valence-electron chi connectivity index (χ4n) is 2.65. The Balaban J connectivity index is 1.75. The highest BCUT2D eigenvalue weighted by Crippen LogP contribution is 2.40. The maximum Gasteiger partial charge on any atom is 0.186 e. The molecule has 2 saturated carbocycles. The third-order valence-corrected chi connectivity index (χ3v) is 5.31. The quantitative estimate of drug-likeness (QED) is 0.754. The van der Waals surface area contributed by atoms with Gasteiger partial charge in [-0.1, -0.05) is 20.3 Å². The first kappa shape index (κ1) is 14.3. The molecule has 0 spiro atoms. The summed E-state index contributed by atoms with van der Waals surface area (Å²) >= 11 is 1.94. The first-order valence-corrected chi connectivity index (χ1v) is 9.09. The van der Waals surface area contributed by atoms with Gasteiger partial charge >= 0.3 is 0 Å². The van der Waals surface area contributed by atoms with Gasteiger partial charge in [-0.15, -0.1) is 11.3 Å². The molecule has 0 aliphatic heterocycles. The highest BCUT2D eigenvalue weighted by molar-refractivity contribution is 7.15. The number of rotatable bonds is 9. The Morgan fingerprint density at radius 1 is 1.25 bits per heavy atom. The van der Waals surface area contributed by atoms with Gasteiger partial charge < -0.3 is 10.2 Å². The number of hydrogen-bond acceptors (Lipinski definition) is 4. The van der Waals surface area contributed by atoms with Crippen LogP contribution in [0.1, 0.15) is 56.5 Å². The summed E-state index contributed by atoms with van der Waals surface area (Å²) in [6.45, 7) is 7.70. The SMILES string of the molecule is CCCc1nc(N(CC2CC2)C2CC2)sc1CNCC. The lowest BCUT2D eigenvalue weighted by molar-refractivity contribution is 0.710. The van der Waals surface area contributed by atoms with Crippen molar-refractivity contribution in [3.05, 3.63) is 10.6 Å². The Kier molecular flexibility index (Phi) is 4.61. The molecule has 1 aromatic heterocycles. The molecular weight excluding hydrogens is 266 g/mol. The number of anilines is 1. The maximum atomic E-state index is 5.00. The molecule has 0 aromatic carbocycles. The fourth-order valence-corrected chi connectivity index (χ4v) is 3.81. The van der Waals surface area contributed by atoms with Crippen molar-refractivity contribution < 1.29 is 0 Å². The number of thiazole rings is 1. The minimum Gasteiger partial charge on any atom is -0.345 e. The molecule has 2 aliphatic rings. The second-order valence-electron chi connectivity index (χ2n) is 6.22. The van der Waals surface area contributed by atoms with Crippen LogP contribution in [0.5, 0.6) is 0 Å². The van der Waals surface area contributed by atoms with Crippen molar-refractivity contribution in [1.82, 2.24) is 10.3 Å². The van der Waals surface area contributed by atoms with Gasteiger partial charge in [0.15, 0.2) is 5.13 Å².